The van der Waals surface area contributed by atoms with Crippen LogP contribution in [0.3, 0.4) is 0 Å². The second-order valence-electron chi connectivity index (χ2n) is 4.46. The zero-order valence-corrected chi connectivity index (χ0v) is 9.97. The molecule has 0 aromatic carbocycles. The molecular weight excluding hydrogens is 222 g/mol. The minimum atomic E-state index is -0.452. The largest absolute Gasteiger partial charge is 0.457 e. The summed E-state index contributed by atoms with van der Waals surface area (Å²) in [6.07, 6.45) is 2.91. The number of aromatic nitrogens is 2. The Balaban J connectivity index is 1.97. The molecule has 1 aliphatic rings. The molecule has 3 N–H and O–H groups in total. The summed E-state index contributed by atoms with van der Waals surface area (Å²) in [7, 11) is 0. The molecule has 2 rings (SSSR count). The van der Waals surface area contributed by atoms with Crippen LogP contribution < -0.4 is 5.73 Å². The number of hydrogen-bond acceptors (Lipinski definition) is 5. The highest BCUT2D eigenvalue weighted by Gasteiger charge is 2.28. The smallest absolute Gasteiger partial charge is 0.358 e. The zero-order chi connectivity index (χ0) is 12.4. The van der Waals surface area contributed by atoms with Gasteiger partial charge in [0.25, 0.3) is 0 Å². The molecule has 0 radical (unpaired) electrons. The molecule has 0 amide bonds. The van der Waals surface area contributed by atoms with Crippen molar-refractivity contribution in [3.8, 4) is 0 Å². The van der Waals surface area contributed by atoms with Gasteiger partial charge in [0.05, 0.1) is 24.1 Å². The molecule has 17 heavy (non-hydrogen) atoms. The second kappa shape index (κ2) is 4.75. The van der Waals surface area contributed by atoms with Gasteiger partial charge in [0.15, 0.2) is 5.69 Å². The van der Waals surface area contributed by atoms with E-state index in [1.54, 1.807) is 0 Å². The average Bonchev–Trinajstić information content (AvgIpc) is 2.62. The number of hydrogen-bond donors (Lipinski definition) is 2. The Labute approximate surface area is 99.5 Å². The van der Waals surface area contributed by atoms with Crippen molar-refractivity contribution < 1.29 is 14.3 Å². The minimum Gasteiger partial charge on any atom is -0.457 e. The number of nitrogens with one attached hydrogen (secondary N) is 1. The van der Waals surface area contributed by atoms with Gasteiger partial charge in [-0.2, -0.15) is 5.10 Å². The maximum absolute atomic E-state index is 11.8. The van der Waals surface area contributed by atoms with Crippen LogP contribution in [0.15, 0.2) is 6.20 Å². The highest BCUT2D eigenvalue weighted by molar-refractivity contribution is 5.92. The van der Waals surface area contributed by atoms with Crippen LogP contribution in [-0.4, -0.2) is 34.5 Å². The van der Waals surface area contributed by atoms with Gasteiger partial charge in [0.2, 0.25) is 0 Å². The quantitative estimate of drug-likeness (QED) is 0.754. The van der Waals surface area contributed by atoms with Crippen LogP contribution in [-0.2, 0) is 9.47 Å². The van der Waals surface area contributed by atoms with E-state index in [-0.39, 0.29) is 24.0 Å². The molecule has 1 saturated heterocycles. The number of carbonyl (C=O) groups is 1. The van der Waals surface area contributed by atoms with E-state index in [1.807, 2.05) is 13.8 Å². The Bertz CT molecular complexity index is 394. The van der Waals surface area contributed by atoms with E-state index in [2.05, 4.69) is 10.2 Å². The number of nitrogen functional groups attached to an aromatic ring is 1. The van der Waals surface area contributed by atoms with Crippen LogP contribution in [0.2, 0.25) is 0 Å². The van der Waals surface area contributed by atoms with E-state index >= 15 is 0 Å². The summed E-state index contributed by atoms with van der Waals surface area (Å²) < 4.78 is 11.0. The molecule has 1 aromatic heterocycles. The molecule has 94 valence electrons. The lowest BCUT2D eigenvalue weighted by Gasteiger charge is -2.31. The van der Waals surface area contributed by atoms with Gasteiger partial charge in [-0.25, -0.2) is 4.79 Å². The lowest BCUT2D eigenvalue weighted by molar-refractivity contribution is -0.0856. The summed E-state index contributed by atoms with van der Waals surface area (Å²) in [4.78, 5) is 11.8. The Hall–Kier alpha value is -1.56. The van der Waals surface area contributed by atoms with Gasteiger partial charge in [-0.05, 0) is 13.8 Å². The number of H-pyrrole nitrogens is 1. The topological polar surface area (TPSA) is 90.2 Å². The molecule has 0 aliphatic carbocycles. The number of nitrogens with zero attached hydrogens (tertiary/aromatic N) is 1. The second-order valence-corrected chi connectivity index (χ2v) is 4.46. The molecule has 2 heterocycles. The Kier molecular flexibility index (Phi) is 3.33. The third-order valence-corrected chi connectivity index (χ3v) is 2.80. The molecular formula is C11H17N3O3. The molecule has 2 atom stereocenters. The summed E-state index contributed by atoms with van der Waals surface area (Å²) in [5.74, 6) is -0.452. The van der Waals surface area contributed by atoms with Gasteiger partial charge in [-0.3, -0.25) is 5.10 Å². The van der Waals surface area contributed by atoms with Gasteiger partial charge in [-0.15, -0.1) is 0 Å². The van der Waals surface area contributed by atoms with E-state index < -0.39 is 5.97 Å². The first-order valence-corrected chi connectivity index (χ1v) is 5.71. The molecule has 1 aromatic rings. The van der Waals surface area contributed by atoms with Crippen molar-refractivity contribution in [1.29, 1.82) is 0 Å². The Morgan fingerprint density at radius 2 is 2.18 bits per heavy atom. The monoisotopic (exact) mass is 239 g/mol. The van der Waals surface area contributed by atoms with Crippen molar-refractivity contribution in [3.63, 3.8) is 0 Å². The fourth-order valence-corrected chi connectivity index (χ4v) is 2.11. The fourth-order valence-electron chi connectivity index (χ4n) is 2.11. The molecule has 1 aliphatic heterocycles. The fraction of sp³-hybridized carbons (Fsp3) is 0.636. The first-order valence-electron chi connectivity index (χ1n) is 5.71. The predicted molar refractivity (Wildman–Crippen MR) is 61.4 cm³/mol. The van der Waals surface area contributed by atoms with Crippen molar-refractivity contribution in [2.45, 2.75) is 45.0 Å². The predicted octanol–water partition coefficient (Wildman–Crippen LogP) is 1.10. The lowest BCUT2D eigenvalue weighted by Crippen LogP contribution is -2.35. The summed E-state index contributed by atoms with van der Waals surface area (Å²) >= 11 is 0. The van der Waals surface area contributed by atoms with Crippen molar-refractivity contribution in [3.05, 3.63) is 11.9 Å². The Morgan fingerprint density at radius 3 is 2.71 bits per heavy atom. The van der Waals surface area contributed by atoms with Crippen molar-refractivity contribution in [1.82, 2.24) is 10.2 Å². The van der Waals surface area contributed by atoms with E-state index in [1.165, 1.54) is 6.20 Å². The van der Waals surface area contributed by atoms with Crippen molar-refractivity contribution in [2.24, 2.45) is 0 Å². The van der Waals surface area contributed by atoms with Crippen LogP contribution in [0, 0.1) is 0 Å². The third-order valence-electron chi connectivity index (χ3n) is 2.80. The standard InChI is InChI=1S/C11H17N3O3/c1-6-3-8(4-7(2)16-6)17-11(15)10-9(12)5-13-14-10/h5-8H,3-4,12H2,1-2H3,(H,13,14). The number of rotatable bonds is 2. The zero-order valence-electron chi connectivity index (χ0n) is 9.97. The number of ether oxygens (including phenoxy) is 2. The number of anilines is 1. The van der Waals surface area contributed by atoms with E-state index in [0.29, 0.717) is 18.5 Å². The summed E-state index contributed by atoms with van der Waals surface area (Å²) in [6, 6.07) is 0. The molecule has 0 bridgehead atoms. The molecule has 6 nitrogen and oxygen atoms in total. The molecule has 2 unspecified atom stereocenters. The van der Waals surface area contributed by atoms with Gasteiger partial charge in [0.1, 0.15) is 6.10 Å². The average molecular weight is 239 g/mol. The van der Waals surface area contributed by atoms with Gasteiger partial charge >= 0.3 is 5.97 Å². The Morgan fingerprint density at radius 1 is 1.53 bits per heavy atom. The highest BCUT2D eigenvalue weighted by atomic mass is 16.6. The van der Waals surface area contributed by atoms with Gasteiger partial charge < -0.3 is 15.2 Å². The van der Waals surface area contributed by atoms with Crippen molar-refractivity contribution >= 4 is 11.7 Å². The summed E-state index contributed by atoms with van der Waals surface area (Å²) in [6.45, 7) is 3.95. The maximum atomic E-state index is 11.8. The summed E-state index contributed by atoms with van der Waals surface area (Å²) in [5, 5.41) is 6.23. The highest BCUT2D eigenvalue weighted by Crippen LogP contribution is 2.23. The third kappa shape index (κ3) is 2.76. The van der Waals surface area contributed by atoms with Crippen LogP contribution in [0.4, 0.5) is 5.69 Å². The lowest BCUT2D eigenvalue weighted by atomic mass is 10.0. The van der Waals surface area contributed by atoms with Gasteiger partial charge in [-0.1, -0.05) is 0 Å². The number of nitrogens with two attached hydrogens (primary N) is 1. The molecule has 0 saturated carbocycles. The van der Waals surface area contributed by atoms with E-state index in [0.717, 1.165) is 0 Å². The maximum Gasteiger partial charge on any atom is 0.358 e. The molecule has 0 spiro atoms. The summed E-state index contributed by atoms with van der Waals surface area (Å²) in [5.41, 5.74) is 6.11. The normalized spacial score (nSPS) is 28.9. The van der Waals surface area contributed by atoms with Crippen LogP contribution in [0.5, 0.6) is 0 Å². The number of aromatic amines is 1. The van der Waals surface area contributed by atoms with E-state index in [4.69, 9.17) is 15.2 Å². The first-order chi connectivity index (χ1) is 8.06. The SMILES string of the molecule is CC1CC(OC(=O)c2[nH]ncc2N)CC(C)O1. The molecule has 1 fully saturated rings. The van der Waals surface area contributed by atoms with Crippen LogP contribution >= 0.6 is 0 Å². The van der Waals surface area contributed by atoms with Gasteiger partial charge in [0, 0.05) is 12.8 Å². The number of carbonyl (C=O) groups excluding carboxylic acids is 1. The van der Waals surface area contributed by atoms with E-state index in [9.17, 15) is 4.79 Å². The first kappa shape index (κ1) is 11.9. The van der Waals surface area contributed by atoms with Crippen molar-refractivity contribution in [2.75, 3.05) is 5.73 Å². The minimum absolute atomic E-state index is 0.107. The number of esters is 1. The van der Waals surface area contributed by atoms with Crippen LogP contribution in [0.1, 0.15) is 37.2 Å². The van der Waals surface area contributed by atoms with Crippen LogP contribution in [0.25, 0.3) is 0 Å². The molecule has 6 heteroatoms.